The van der Waals surface area contributed by atoms with Crippen LogP contribution in [0.3, 0.4) is 0 Å². The molecule has 2 aromatic carbocycles. The van der Waals surface area contributed by atoms with E-state index in [2.05, 4.69) is 5.32 Å². The van der Waals surface area contributed by atoms with Crippen LogP contribution in [0.1, 0.15) is 12.5 Å². The molecule has 1 amide bonds. The number of carbonyl (C=O) groups excluding carboxylic acids is 2. The summed E-state index contributed by atoms with van der Waals surface area (Å²) in [5.41, 5.74) is 0.803. The van der Waals surface area contributed by atoms with Crippen molar-refractivity contribution in [2.24, 2.45) is 0 Å². The second-order valence-electron chi connectivity index (χ2n) is 5.16. The van der Waals surface area contributed by atoms with Crippen LogP contribution in [0.4, 0.5) is 4.79 Å². The van der Waals surface area contributed by atoms with Crippen LogP contribution >= 0.6 is 11.6 Å². The Bertz CT molecular complexity index is 736. The minimum Gasteiger partial charge on any atom is -0.479 e. The quantitative estimate of drug-likeness (QED) is 0.625. The molecule has 0 aromatic heterocycles. The number of halogens is 1. The standard InChI is InChI=1S/C18H18ClNO5/c1-12-10-14(19)8-9-16(12)24-13(2)17(21)23-11-20-18(22)25-15-6-4-3-5-7-15/h3-10,13H,11H2,1-2H3,(H,20,22). The number of hydrogen-bond acceptors (Lipinski definition) is 5. The van der Waals surface area contributed by atoms with E-state index < -0.39 is 18.2 Å². The molecule has 0 saturated heterocycles. The Labute approximate surface area is 150 Å². The fourth-order valence-electron chi connectivity index (χ4n) is 1.90. The highest BCUT2D eigenvalue weighted by molar-refractivity contribution is 6.30. The van der Waals surface area contributed by atoms with Gasteiger partial charge in [0.05, 0.1) is 0 Å². The average Bonchev–Trinajstić information content (AvgIpc) is 2.58. The van der Waals surface area contributed by atoms with Gasteiger partial charge in [0, 0.05) is 5.02 Å². The van der Waals surface area contributed by atoms with Gasteiger partial charge in [-0.1, -0.05) is 29.8 Å². The molecule has 0 radical (unpaired) electrons. The van der Waals surface area contributed by atoms with Crippen molar-refractivity contribution in [2.45, 2.75) is 20.0 Å². The van der Waals surface area contributed by atoms with Crippen LogP contribution in [0.2, 0.25) is 5.02 Å². The molecule has 0 fully saturated rings. The molecule has 0 saturated carbocycles. The first-order valence-corrected chi connectivity index (χ1v) is 7.93. The summed E-state index contributed by atoms with van der Waals surface area (Å²) >= 11 is 5.87. The van der Waals surface area contributed by atoms with Crippen LogP contribution in [0.5, 0.6) is 11.5 Å². The number of amides is 1. The lowest BCUT2D eigenvalue weighted by Gasteiger charge is -2.16. The van der Waals surface area contributed by atoms with Gasteiger partial charge in [-0.2, -0.15) is 0 Å². The van der Waals surface area contributed by atoms with Gasteiger partial charge in [0.2, 0.25) is 0 Å². The Morgan fingerprint density at radius 1 is 1.16 bits per heavy atom. The van der Waals surface area contributed by atoms with Crippen LogP contribution in [-0.4, -0.2) is 24.9 Å². The third-order valence-electron chi connectivity index (χ3n) is 3.16. The number of nitrogens with one attached hydrogen (secondary N) is 1. The third-order valence-corrected chi connectivity index (χ3v) is 3.39. The Kier molecular flexibility index (Phi) is 6.65. The summed E-state index contributed by atoms with van der Waals surface area (Å²) in [5.74, 6) is 0.306. The Balaban J connectivity index is 1.74. The van der Waals surface area contributed by atoms with E-state index in [0.717, 1.165) is 5.56 Å². The molecule has 1 atom stereocenters. The van der Waals surface area contributed by atoms with E-state index in [1.807, 2.05) is 6.92 Å². The molecule has 25 heavy (non-hydrogen) atoms. The largest absolute Gasteiger partial charge is 0.479 e. The van der Waals surface area contributed by atoms with Crippen molar-refractivity contribution in [3.8, 4) is 11.5 Å². The number of para-hydroxylation sites is 1. The highest BCUT2D eigenvalue weighted by Crippen LogP contribution is 2.22. The average molecular weight is 364 g/mol. The second-order valence-corrected chi connectivity index (χ2v) is 5.59. The van der Waals surface area contributed by atoms with Crippen molar-refractivity contribution < 1.29 is 23.8 Å². The smallest absolute Gasteiger partial charge is 0.415 e. The van der Waals surface area contributed by atoms with Gasteiger partial charge in [-0.25, -0.2) is 9.59 Å². The van der Waals surface area contributed by atoms with E-state index in [-0.39, 0.29) is 6.73 Å². The van der Waals surface area contributed by atoms with Crippen molar-refractivity contribution in [1.29, 1.82) is 0 Å². The molecule has 0 bridgehead atoms. The molecule has 0 aliphatic rings. The predicted molar refractivity (Wildman–Crippen MR) is 92.8 cm³/mol. The number of esters is 1. The molecule has 1 N–H and O–H groups in total. The van der Waals surface area contributed by atoms with Gasteiger partial charge in [0.1, 0.15) is 11.5 Å². The lowest BCUT2D eigenvalue weighted by Crippen LogP contribution is -2.34. The first kappa shape index (κ1) is 18.6. The molecular formula is C18H18ClNO5. The van der Waals surface area contributed by atoms with Crippen LogP contribution in [0, 0.1) is 6.92 Å². The normalized spacial score (nSPS) is 11.3. The number of ether oxygens (including phenoxy) is 3. The summed E-state index contributed by atoms with van der Waals surface area (Å²) in [4.78, 5) is 23.5. The summed E-state index contributed by atoms with van der Waals surface area (Å²) in [7, 11) is 0. The maximum absolute atomic E-state index is 11.9. The van der Waals surface area contributed by atoms with E-state index in [0.29, 0.717) is 16.5 Å². The van der Waals surface area contributed by atoms with Crippen molar-refractivity contribution in [2.75, 3.05) is 6.73 Å². The molecule has 7 heteroatoms. The summed E-state index contributed by atoms with van der Waals surface area (Å²) in [6.45, 7) is 3.05. The van der Waals surface area contributed by atoms with E-state index in [4.69, 9.17) is 25.8 Å². The maximum atomic E-state index is 11.9. The van der Waals surface area contributed by atoms with Crippen LogP contribution in [0.25, 0.3) is 0 Å². The minimum atomic E-state index is -0.841. The van der Waals surface area contributed by atoms with Gasteiger partial charge in [-0.3, -0.25) is 5.32 Å². The lowest BCUT2D eigenvalue weighted by molar-refractivity contribution is -0.151. The highest BCUT2D eigenvalue weighted by Gasteiger charge is 2.17. The fraction of sp³-hybridized carbons (Fsp3) is 0.222. The van der Waals surface area contributed by atoms with Gasteiger partial charge in [-0.05, 0) is 49.7 Å². The number of carbonyl (C=O) groups is 2. The molecule has 6 nitrogen and oxygen atoms in total. The summed E-state index contributed by atoms with van der Waals surface area (Å²) in [5, 5.41) is 2.91. The van der Waals surface area contributed by atoms with Gasteiger partial charge in [-0.15, -0.1) is 0 Å². The van der Waals surface area contributed by atoms with Crippen molar-refractivity contribution in [3.63, 3.8) is 0 Å². The van der Waals surface area contributed by atoms with Crippen molar-refractivity contribution >= 4 is 23.7 Å². The van der Waals surface area contributed by atoms with Gasteiger partial charge < -0.3 is 14.2 Å². The van der Waals surface area contributed by atoms with Crippen LogP contribution < -0.4 is 14.8 Å². The summed E-state index contributed by atoms with van der Waals surface area (Å²) in [6.07, 6.45) is -1.56. The Hall–Kier alpha value is -2.73. The highest BCUT2D eigenvalue weighted by atomic mass is 35.5. The Morgan fingerprint density at radius 2 is 1.88 bits per heavy atom. The maximum Gasteiger partial charge on any atom is 0.415 e. The van der Waals surface area contributed by atoms with E-state index >= 15 is 0 Å². The molecule has 2 rings (SSSR count). The number of benzene rings is 2. The molecule has 132 valence electrons. The summed E-state index contributed by atoms with van der Waals surface area (Å²) < 4.78 is 15.5. The molecule has 1 unspecified atom stereocenters. The zero-order chi connectivity index (χ0) is 18.2. The zero-order valence-corrected chi connectivity index (χ0v) is 14.6. The molecule has 0 aliphatic heterocycles. The first-order chi connectivity index (χ1) is 12.0. The van der Waals surface area contributed by atoms with E-state index in [1.165, 1.54) is 0 Å². The molecule has 0 aliphatic carbocycles. The topological polar surface area (TPSA) is 73.9 Å². The predicted octanol–water partition coefficient (Wildman–Crippen LogP) is 3.71. The van der Waals surface area contributed by atoms with Gasteiger partial charge in [0.25, 0.3) is 0 Å². The number of hydrogen-bond donors (Lipinski definition) is 1. The van der Waals surface area contributed by atoms with Gasteiger partial charge in [0.15, 0.2) is 12.8 Å². The molecular weight excluding hydrogens is 346 g/mol. The second kappa shape index (κ2) is 8.94. The van der Waals surface area contributed by atoms with Gasteiger partial charge >= 0.3 is 12.1 Å². The van der Waals surface area contributed by atoms with E-state index in [9.17, 15) is 9.59 Å². The SMILES string of the molecule is Cc1cc(Cl)ccc1OC(C)C(=O)OCNC(=O)Oc1ccccc1. The third kappa shape index (κ3) is 6.00. The van der Waals surface area contributed by atoms with Crippen molar-refractivity contribution in [1.82, 2.24) is 5.32 Å². The number of aryl methyl sites for hydroxylation is 1. The lowest BCUT2D eigenvalue weighted by atomic mass is 10.2. The monoisotopic (exact) mass is 363 g/mol. The first-order valence-electron chi connectivity index (χ1n) is 7.56. The number of rotatable bonds is 6. The molecule has 2 aromatic rings. The molecule has 0 spiro atoms. The van der Waals surface area contributed by atoms with Crippen LogP contribution in [0.15, 0.2) is 48.5 Å². The van der Waals surface area contributed by atoms with Crippen LogP contribution in [-0.2, 0) is 9.53 Å². The minimum absolute atomic E-state index is 0.322. The zero-order valence-electron chi connectivity index (χ0n) is 13.8. The Morgan fingerprint density at radius 3 is 2.56 bits per heavy atom. The molecule has 0 heterocycles. The van der Waals surface area contributed by atoms with Crippen molar-refractivity contribution in [3.05, 3.63) is 59.1 Å². The fourth-order valence-corrected chi connectivity index (χ4v) is 2.13. The van der Waals surface area contributed by atoms with E-state index in [1.54, 1.807) is 55.5 Å². The summed E-state index contributed by atoms with van der Waals surface area (Å²) in [6, 6.07) is 13.6.